The lowest BCUT2D eigenvalue weighted by molar-refractivity contribution is -0.136. The van der Waals surface area contributed by atoms with Gasteiger partial charge in [-0.25, -0.2) is 0 Å². The zero-order chi connectivity index (χ0) is 13.7. The summed E-state index contributed by atoms with van der Waals surface area (Å²) in [6.45, 7) is 2.96. The maximum atomic E-state index is 10.9. The maximum absolute atomic E-state index is 10.9. The Labute approximate surface area is 112 Å². The Hall–Kier alpha value is -1.90. The molecule has 1 aliphatic rings. The summed E-state index contributed by atoms with van der Waals surface area (Å²) < 4.78 is 0. The monoisotopic (exact) mass is 259 g/mol. The van der Waals surface area contributed by atoms with Crippen LogP contribution >= 0.6 is 0 Å². The molecule has 5 nitrogen and oxygen atoms in total. The minimum Gasteiger partial charge on any atom is -0.481 e. The number of carboxylic acid groups (broad SMARTS) is 1. The third-order valence-corrected chi connectivity index (χ3v) is 3.34. The summed E-state index contributed by atoms with van der Waals surface area (Å²) in [5.41, 5.74) is 1.82. The van der Waals surface area contributed by atoms with E-state index in [4.69, 9.17) is 10.4 Å². The van der Waals surface area contributed by atoms with Crippen LogP contribution in [0.1, 0.15) is 11.1 Å². The van der Waals surface area contributed by atoms with Gasteiger partial charge in [0, 0.05) is 26.2 Å². The van der Waals surface area contributed by atoms with Gasteiger partial charge in [-0.15, -0.1) is 0 Å². The van der Waals surface area contributed by atoms with Gasteiger partial charge in [0.1, 0.15) is 6.04 Å². The van der Waals surface area contributed by atoms with Crippen molar-refractivity contribution >= 4 is 5.97 Å². The van der Waals surface area contributed by atoms with Crippen molar-refractivity contribution in [1.29, 1.82) is 5.26 Å². The molecule has 1 saturated heterocycles. The molecule has 0 aromatic heterocycles. The quantitative estimate of drug-likeness (QED) is 0.828. The van der Waals surface area contributed by atoms with Crippen molar-refractivity contribution in [1.82, 2.24) is 10.2 Å². The van der Waals surface area contributed by atoms with Crippen molar-refractivity contribution in [2.75, 3.05) is 19.6 Å². The summed E-state index contributed by atoms with van der Waals surface area (Å²) in [4.78, 5) is 13.0. The Morgan fingerprint density at radius 1 is 1.47 bits per heavy atom. The Morgan fingerprint density at radius 2 is 2.21 bits per heavy atom. The summed E-state index contributed by atoms with van der Waals surface area (Å²) in [5, 5.41) is 21.2. The number of hydrogen-bond acceptors (Lipinski definition) is 4. The lowest BCUT2D eigenvalue weighted by Gasteiger charge is -2.32. The van der Waals surface area contributed by atoms with Crippen molar-refractivity contribution in [2.45, 2.75) is 19.0 Å². The first kappa shape index (κ1) is 13.5. The van der Waals surface area contributed by atoms with Crippen LogP contribution in [0.2, 0.25) is 0 Å². The minimum atomic E-state index is -0.829. The predicted molar refractivity (Wildman–Crippen MR) is 70.5 cm³/mol. The van der Waals surface area contributed by atoms with Crippen molar-refractivity contribution in [2.24, 2.45) is 0 Å². The first-order valence-corrected chi connectivity index (χ1v) is 6.33. The Kier molecular flexibility index (Phi) is 4.50. The molecule has 0 aliphatic carbocycles. The van der Waals surface area contributed by atoms with Crippen molar-refractivity contribution in [3.63, 3.8) is 0 Å². The van der Waals surface area contributed by atoms with Gasteiger partial charge < -0.3 is 10.4 Å². The van der Waals surface area contributed by atoms with Crippen LogP contribution in [0.5, 0.6) is 0 Å². The molecule has 2 rings (SSSR count). The molecule has 0 saturated carbocycles. The molecule has 1 unspecified atom stereocenters. The largest absolute Gasteiger partial charge is 0.481 e. The number of nitriles is 1. The van der Waals surface area contributed by atoms with Crippen LogP contribution in [-0.4, -0.2) is 41.7 Å². The van der Waals surface area contributed by atoms with Gasteiger partial charge in [-0.05, 0) is 11.1 Å². The average molecular weight is 259 g/mol. The Morgan fingerprint density at radius 3 is 2.89 bits per heavy atom. The number of nitrogens with zero attached hydrogens (tertiary/aromatic N) is 2. The SMILES string of the molecule is N#CC1CNCCN1Cc1ccccc1CC(=O)O. The van der Waals surface area contributed by atoms with Gasteiger partial charge in [-0.3, -0.25) is 9.69 Å². The van der Waals surface area contributed by atoms with Crippen LogP contribution < -0.4 is 5.32 Å². The van der Waals surface area contributed by atoms with E-state index < -0.39 is 5.97 Å². The van der Waals surface area contributed by atoms with Crippen molar-refractivity contribution in [3.8, 4) is 6.07 Å². The van der Waals surface area contributed by atoms with Gasteiger partial charge in [0.15, 0.2) is 0 Å². The number of benzene rings is 1. The Balaban J connectivity index is 2.13. The van der Waals surface area contributed by atoms with E-state index >= 15 is 0 Å². The summed E-state index contributed by atoms with van der Waals surface area (Å²) in [5.74, 6) is -0.829. The van der Waals surface area contributed by atoms with Gasteiger partial charge in [-0.1, -0.05) is 24.3 Å². The van der Waals surface area contributed by atoms with Crippen LogP contribution in [-0.2, 0) is 17.8 Å². The summed E-state index contributed by atoms with van der Waals surface area (Å²) in [6.07, 6.45) is 0.0273. The number of aliphatic carboxylic acids is 1. The Bertz CT molecular complexity index is 496. The molecular weight excluding hydrogens is 242 g/mol. The molecule has 1 fully saturated rings. The molecule has 1 heterocycles. The highest BCUT2D eigenvalue weighted by atomic mass is 16.4. The molecular formula is C14H17N3O2. The molecule has 5 heteroatoms. The highest BCUT2D eigenvalue weighted by Gasteiger charge is 2.22. The number of carboxylic acids is 1. The smallest absolute Gasteiger partial charge is 0.307 e. The van der Waals surface area contributed by atoms with Gasteiger partial charge in [0.05, 0.1) is 12.5 Å². The molecule has 100 valence electrons. The van der Waals surface area contributed by atoms with E-state index in [1.165, 1.54) is 0 Å². The average Bonchev–Trinajstić information content (AvgIpc) is 2.41. The molecule has 0 bridgehead atoms. The number of carbonyl (C=O) groups is 1. The van der Waals surface area contributed by atoms with Crippen molar-refractivity contribution < 1.29 is 9.90 Å². The second-order valence-corrected chi connectivity index (χ2v) is 4.66. The lowest BCUT2D eigenvalue weighted by Crippen LogP contribution is -2.50. The number of hydrogen-bond donors (Lipinski definition) is 2. The molecule has 0 amide bonds. The molecule has 1 atom stereocenters. The lowest BCUT2D eigenvalue weighted by atomic mass is 10.0. The van der Waals surface area contributed by atoms with Crippen LogP contribution in [0.25, 0.3) is 0 Å². The summed E-state index contributed by atoms with van der Waals surface area (Å²) in [7, 11) is 0. The number of rotatable bonds is 4. The standard InChI is InChI=1S/C14H17N3O2/c15-8-13-9-16-5-6-17(13)10-12-4-2-1-3-11(12)7-14(18)19/h1-4,13,16H,5-7,9-10H2,(H,18,19). The highest BCUT2D eigenvalue weighted by molar-refractivity contribution is 5.70. The van der Waals surface area contributed by atoms with E-state index in [1.807, 2.05) is 24.3 Å². The van der Waals surface area contributed by atoms with Gasteiger partial charge >= 0.3 is 5.97 Å². The van der Waals surface area contributed by atoms with E-state index in [-0.39, 0.29) is 12.5 Å². The second-order valence-electron chi connectivity index (χ2n) is 4.66. The third-order valence-electron chi connectivity index (χ3n) is 3.34. The van der Waals surface area contributed by atoms with Crippen LogP contribution in [0.15, 0.2) is 24.3 Å². The minimum absolute atomic E-state index is 0.0273. The zero-order valence-electron chi connectivity index (χ0n) is 10.7. The fraction of sp³-hybridized carbons (Fsp3) is 0.429. The molecule has 2 N–H and O–H groups in total. The molecule has 1 aromatic carbocycles. The van der Waals surface area contributed by atoms with E-state index in [2.05, 4.69) is 16.3 Å². The highest BCUT2D eigenvalue weighted by Crippen LogP contribution is 2.15. The molecule has 1 aromatic rings. The first-order valence-electron chi connectivity index (χ1n) is 6.33. The first-order chi connectivity index (χ1) is 9.20. The summed E-state index contributed by atoms with van der Waals surface area (Å²) in [6, 6.07) is 9.67. The molecule has 19 heavy (non-hydrogen) atoms. The van der Waals surface area contributed by atoms with Crippen LogP contribution in [0.4, 0.5) is 0 Å². The van der Waals surface area contributed by atoms with E-state index in [9.17, 15) is 4.79 Å². The fourth-order valence-electron chi connectivity index (χ4n) is 2.33. The van der Waals surface area contributed by atoms with Gasteiger partial charge in [-0.2, -0.15) is 5.26 Å². The van der Waals surface area contributed by atoms with Gasteiger partial charge in [0.2, 0.25) is 0 Å². The predicted octanol–water partition coefficient (Wildman–Crippen LogP) is 0.611. The zero-order valence-corrected chi connectivity index (χ0v) is 10.7. The molecule has 1 aliphatic heterocycles. The van der Waals surface area contributed by atoms with Crippen LogP contribution in [0, 0.1) is 11.3 Å². The topological polar surface area (TPSA) is 76.4 Å². The van der Waals surface area contributed by atoms with Gasteiger partial charge in [0.25, 0.3) is 0 Å². The summed E-state index contributed by atoms with van der Waals surface area (Å²) >= 11 is 0. The number of piperazine rings is 1. The number of nitrogens with one attached hydrogen (secondary N) is 1. The normalized spacial score (nSPS) is 19.8. The van der Waals surface area contributed by atoms with E-state index in [1.54, 1.807) is 0 Å². The van der Waals surface area contributed by atoms with Crippen LogP contribution in [0.3, 0.4) is 0 Å². The maximum Gasteiger partial charge on any atom is 0.307 e. The van der Waals surface area contributed by atoms with Crippen molar-refractivity contribution in [3.05, 3.63) is 35.4 Å². The fourth-order valence-corrected chi connectivity index (χ4v) is 2.33. The third kappa shape index (κ3) is 3.53. The second kappa shape index (κ2) is 6.32. The molecule has 0 radical (unpaired) electrons. The van der Waals surface area contributed by atoms with E-state index in [0.29, 0.717) is 13.1 Å². The molecule has 0 spiro atoms. The van der Waals surface area contributed by atoms with E-state index in [0.717, 1.165) is 24.2 Å².